The van der Waals surface area contributed by atoms with E-state index < -0.39 is 0 Å². The second kappa shape index (κ2) is 14.5. The summed E-state index contributed by atoms with van der Waals surface area (Å²) in [5.74, 6) is 1.04. The molecule has 0 radical (unpaired) electrons. The molecule has 0 fully saturated rings. The summed E-state index contributed by atoms with van der Waals surface area (Å²) in [5, 5.41) is 4.66. The van der Waals surface area contributed by atoms with Crippen molar-refractivity contribution in [1.29, 1.82) is 0 Å². The Hall–Kier alpha value is -0.470. The van der Waals surface area contributed by atoms with Crippen molar-refractivity contribution in [3.8, 4) is 11.5 Å². The molecule has 0 saturated carbocycles. The van der Waals surface area contributed by atoms with Crippen molar-refractivity contribution >= 4 is 60.8 Å². The zero-order valence-corrected chi connectivity index (χ0v) is 20.0. The smallest absolute Gasteiger partial charge is 0.156 e. The van der Waals surface area contributed by atoms with Crippen LogP contribution < -0.4 is 9.47 Å². The Morgan fingerprint density at radius 3 is 2.30 bits per heavy atom. The Bertz CT molecular complexity index is 611. The average Bonchev–Trinajstić information content (AvgIpc) is 2.58. The minimum atomic E-state index is 0.383. The number of hydrogen-bond donors (Lipinski definition) is 0. The van der Waals surface area contributed by atoms with Crippen molar-refractivity contribution in [3.63, 3.8) is 0 Å². The van der Waals surface area contributed by atoms with Crippen molar-refractivity contribution in [2.24, 2.45) is 5.16 Å². The van der Waals surface area contributed by atoms with E-state index in [9.17, 15) is 0 Å². The third-order valence-electron chi connectivity index (χ3n) is 2.95. The molecule has 27 heavy (non-hydrogen) atoms. The fourth-order valence-electron chi connectivity index (χ4n) is 1.81. The van der Waals surface area contributed by atoms with Gasteiger partial charge in [0.15, 0.2) is 5.75 Å². The highest BCUT2D eigenvalue weighted by Gasteiger charge is 2.10. The van der Waals surface area contributed by atoms with Gasteiger partial charge < -0.3 is 19.0 Å². The van der Waals surface area contributed by atoms with Crippen molar-refractivity contribution in [2.75, 3.05) is 33.0 Å². The van der Waals surface area contributed by atoms with Crippen LogP contribution in [0.5, 0.6) is 11.5 Å². The first-order valence-corrected chi connectivity index (χ1v) is 10.7. The minimum Gasteiger partial charge on any atom is -0.490 e. The molecule has 0 bridgehead atoms. The number of benzene rings is 1. The lowest BCUT2D eigenvalue weighted by atomic mass is 10.3. The van der Waals surface area contributed by atoms with Gasteiger partial charge in [0.05, 0.1) is 32.4 Å². The quantitative estimate of drug-likeness (QED) is 0.159. The summed E-state index contributed by atoms with van der Waals surface area (Å²) < 4.78 is 17.5. The standard InChI is InChI=1S/C18H23Br2Cl2NO4/c1-13(2)23-27-10-9-24-6-3-4-7-26-18-15(21)11-14(12-16(18)22)25-8-5-17(19)20/h5,11-12H,3-4,6-10H2,1-2H3. The summed E-state index contributed by atoms with van der Waals surface area (Å²) in [4.78, 5) is 5.04. The SMILES string of the molecule is CC(C)=NOCCOCCCCOc1c(Cl)cc(OCC=C(Br)Br)cc1Cl. The van der Waals surface area contributed by atoms with Gasteiger partial charge in [-0.15, -0.1) is 0 Å². The Morgan fingerprint density at radius 1 is 1.00 bits per heavy atom. The molecule has 9 heteroatoms. The number of nitrogens with zero attached hydrogens (tertiary/aromatic N) is 1. The monoisotopic (exact) mass is 545 g/mol. The van der Waals surface area contributed by atoms with Crippen molar-refractivity contribution < 1.29 is 19.0 Å². The van der Waals surface area contributed by atoms with Gasteiger partial charge in [-0.3, -0.25) is 0 Å². The van der Waals surface area contributed by atoms with Gasteiger partial charge in [-0.1, -0.05) is 28.4 Å². The molecule has 5 nitrogen and oxygen atoms in total. The van der Waals surface area contributed by atoms with E-state index in [0.717, 1.165) is 21.9 Å². The van der Waals surface area contributed by atoms with Gasteiger partial charge in [0.1, 0.15) is 19.0 Å². The molecule has 0 N–H and O–H groups in total. The molecular formula is C18H23Br2Cl2NO4. The normalized spacial score (nSPS) is 10.3. The van der Waals surface area contributed by atoms with Crippen LogP contribution in [0, 0.1) is 0 Å². The molecule has 0 spiro atoms. The van der Waals surface area contributed by atoms with Crippen LogP contribution in [0.15, 0.2) is 26.8 Å². The van der Waals surface area contributed by atoms with Crippen LogP contribution in [0.1, 0.15) is 26.7 Å². The maximum Gasteiger partial charge on any atom is 0.156 e. The van der Waals surface area contributed by atoms with E-state index in [4.69, 9.17) is 42.3 Å². The van der Waals surface area contributed by atoms with E-state index in [-0.39, 0.29) is 0 Å². The molecule has 0 unspecified atom stereocenters. The highest BCUT2D eigenvalue weighted by atomic mass is 79.9. The first kappa shape index (κ1) is 24.6. The van der Waals surface area contributed by atoms with Crippen LogP contribution in [0.2, 0.25) is 10.0 Å². The van der Waals surface area contributed by atoms with Crippen LogP contribution in [0.25, 0.3) is 0 Å². The number of unbranched alkanes of at least 4 members (excludes halogenated alkanes) is 1. The molecule has 0 aliphatic rings. The zero-order chi connectivity index (χ0) is 20.1. The molecule has 152 valence electrons. The van der Waals surface area contributed by atoms with Gasteiger partial charge in [-0.25, -0.2) is 0 Å². The fraction of sp³-hybridized carbons (Fsp3) is 0.500. The van der Waals surface area contributed by atoms with Gasteiger partial charge >= 0.3 is 0 Å². The Morgan fingerprint density at radius 2 is 1.67 bits per heavy atom. The van der Waals surface area contributed by atoms with Crippen LogP contribution in [-0.4, -0.2) is 38.7 Å². The van der Waals surface area contributed by atoms with E-state index in [0.29, 0.717) is 54.6 Å². The lowest BCUT2D eigenvalue weighted by Crippen LogP contribution is -2.05. The lowest BCUT2D eigenvalue weighted by molar-refractivity contribution is 0.0483. The fourth-order valence-corrected chi connectivity index (χ4v) is 2.65. The topological polar surface area (TPSA) is 49.3 Å². The molecule has 0 aromatic heterocycles. The summed E-state index contributed by atoms with van der Waals surface area (Å²) in [5.41, 5.74) is 0.882. The Labute approximate surface area is 187 Å². The number of halogens is 4. The van der Waals surface area contributed by atoms with Gasteiger partial charge in [-0.2, -0.15) is 0 Å². The largest absolute Gasteiger partial charge is 0.490 e. The summed E-state index contributed by atoms with van der Waals surface area (Å²) >= 11 is 19.0. The Balaban J connectivity index is 2.24. The molecule has 1 aromatic rings. The molecular weight excluding hydrogens is 525 g/mol. The molecule has 0 aliphatic carbocycles. The maximum absolute atomic E-state index is 6.24. The third-order valence-corrected chi connectivity index (χ3v) is 4.16. The highest BCUT2D eigenvalue weighted by molar-refractivity contribution is 9.28. The molecule has 0 atom stereocenters. The second-order valence-electron chi connectivity index (χ2n) is 5.56. The maximum atomic E-state index is 6.24. The van der Waals surface area contributed by atoms with Gasteiger partial charge in [0, 0.05) is 18.7 Å². The molecule has 0 heterocycles. The average molecular weight is 548 g/mol. The molecule has 0 aliphatic heterocycles. The number of rotatable bonds is 13. The minimum absolute atomic E-state index is 0.383. The molecule has 0 amide bonds. The van der Waals surface area contributed by atoms with E-state index in [2.05, 4.69) is 37.0 Å². The van der Waals surface area contributed by atoms with Crippen molar-refractivity contribution in [1.82, 2.24) is 0 Å². The first-order valence-electron chi connectivity index (χ1n) is 8.37. The van der Waals surface area contributed by atoms with Gasteiger partial charge in [0.2, 0.25) is 0 Å². The van der Waals surface area contributed by atoms with E-state index in [1.54, 1.807) is 12.1 Å². The van der Waals surface area contributed by atoms with Crippen LogP contribution in [-0.2, 0) is 9.57 Å². The first-order chi connectivity index (χ1) is 12.9. The van der Waals surface area contributed by atoms with E-state index in [1.807, 2.05) is 19.9 Å². The van der Waals surface area contributed by atoms with Crippen LogP contribution in [0.3, 0.4) is 0 Å². The van der Waals surface area contributed by atoms with Gasteiger partial charge in [0.25, 0.3) is 0 Å². The lowest BCUT2D eigenvalue weighted by Gasteiger charge is -2.12. The Kier molecular flexibility index (Phi) is 13.2. The summed E-state index contributed by atoms with van der Waals surface area (Å²) in [7, 11) is 0. The van der Waals surface area contributed by atoms with Gasteiger partial charge in [-0.05, 0) is 64.6 Å². The summed E-state index contributed by atoms with van der Waals surface area (Å²) in [6.07, 6.45) is 3.50. The number of ether oxygens (including phenoxy) is 3. The highest BCUT2D eigenvalue weighted by Crippen LogP contribution is 2.37. The number of hydrogen-bond acceptors (Lipinski definition) is 5. The molecule has 1 rings (SSSR count). The van der Waals surface area contributed by atoms with Crippen molar-refractivity contribution in [3.05, 3.63) is 31.6 Å². The predicted molar refractivity (Wildman–Crippen MR) is 118 cm³/mol. The zero-order valence-electron chi connectivity index (χ0n) is 15.3. The van der Waals surface area contributed by atoms with E-state index in [1.165, 1.54) is 0 Å². The van der Waals surface area contributed by atoms with Crippen LogP contribution in [0.4, 0.5) is 0 Å². The van der Waals surface area contributed by atoms with Crippen molar-refractivity contribution in [2.45, 2.75) is 26.7 Å². The van der Waals surface area contributed by atoms with Crippen LogP contribution >= 0.6 is 55.1 Å². The molecule has 0 saturated heterocycles. The molecule has 1 aromatic carbocycles. The number of oxime groups is 1. The van der Waals surface area contributed by atoms with E-state index >= 15 is 0 Å². The predicted octanol–water partition coefficient (Wildman–Crippen LogP) is 6.59. The third kappa shape index (κ3) is 11.9. The second-order valence-corrected chi connectivity index (χ2v) is 9.15. The summed E-state index contributed by atoms with van der Waals surface area (Å²) in [6, 6.07) is 3.37. The summed E-state index contributed by atoms with van der Waals surface area (Å²) in [6.45, 7) is 6.22.